The van der Waals surface area contributed by atoms with Gasteiger partial charge in [-0.2, -0.15) is 0 Å². The summed E-state index contributed by atoms with van der Waals surface area (Å²) < 4.78 is 5.62. The summed E-state index contributed by atoms with van der Waals surface area (Å²) in [5.41, 5.74) is 1.15. The van der Waals surface area contributed by atoms with Crippen LogP contribution in [0.4, 0.5) is 5.69 Å². The van der Waals surface area contributed by atoms with Gasteiger partial charge in [0.25, 0.3) is 0 Å². The Kier molecular flexibility index (Phi) is 2.55. The average molecular weight is 212 g/mol. The number of halogens is 1. The van der Waals surface area contributed by atoms with E-state index in [1.807, 2.05) is 18.2 Å². The van der Waals surface area contributed by atoms with Crippen LogP contribution < -0.4 is 9.64 Å². The molecule has 1 unspecified atom stereocenters. The van der Waals surface area contributed by atoms with E-state index < -0.39 is 0 Å². The third-order valence-electron chi connectivity index (χ3n) is 2.58. The second-order valence-electron chi connectivity index (χ2n) is 3.56. The Labute approximate surface area is 89.4 Å². The van der Waals surface area contributed by atoms with E-state index in [-0.39, 0.29) is 0 Å². The predicted molar refractivity (Wildman–Crippen MR) is 59.4 cm³/mol. The van der Waals surface area contributed by atoms with E-state index in [2.05, 4.69) is 18.7 Å². The molecule has 14 heavy (non-hydrogen) atoms. The lowest BCUT2D eigenvalue weighted by Gasteiger charge is -2.36. The van der Waals surface area contributed by atoms with Crippen molar-refractivity contribution in [3.63, 3.8) is 0 Å². The van der Waals surface area contributed by atoms with Crippen LogP contribution in [0, 0.1) is 0 Å². The first-order valence-corrected chi connectivity index (χ1v) is 5.29. The third-order valence-corrected chi connectivity index (χ3v) is 2.82. The van der Waals surface area contributed by atoms with Crippen molar-refractivity contribution in [2.24, 2.45) is 0 Å². The first-order chi connectivity index (χ1) is 6.72. The third kappa shape index (κ3) is 1.55. The molecule has 76 valence electrons. The van der Waals surface area contributed by atoms with E-state index in [0.717, 1.165) is 29.6 Å². The van der Waals surface area contributed by atoms with Crippen LogP contribution >= 0.6 is 11.6 Å². The Morgan fingerprint density at radius 2 is 2.36 bits per heavy atom. The van der Waals surface area contributed by atoms with E-state index in [0.29, 0.717) is 6.04 Å². The van der Waals surface area contributed by atoms with Crippen LogP contribution in [0.25, 0.3) is 0 Å². The van der Waals surface area contributed by atoms with Crippen LogP contribution in [0.1, 0.15) is 13.8 Å². The topological polar surface area (TPSA) is 12.5 Å². The van der Waals surface area contributed by atoms with Crippen molar-refractivity contribution in [1.82, 2.24) is 0 Å². The summed E-state index contributed by atoms with van der Waals surface area (Å²) in [4.78, 5) is 2.33. The van der Waals surface area contributed by atoms with Gasteiger partial charge in [0.15, 0.2) is 0 Å². The van der Waals surface area contributed by atoms with E-state index in [9.17, 15) is 0 Å². The maximum Gasteiger partial charge on any atom is 0.144 e. The van der Waals surface area contributed by atoms with E-state index >= 15 is 0 Å². The van der Waals surface area contributed by atoms with Gasteiger partial charge in [0.2, 0.25) is 0 Å². The van der Waals surface area contributed by atoms with Crippen molar-refractivity contribution in [2.45, 2.75) is 19.9 Å². The Morgan fingerprint density at radius 1 is 1.57 bits per heavy atom. The lowest BCUT2D eigenvalue weighted by Crippen LogP contribution is -2.40. The molecule has 0 amide bonds. The Balaban J connectivity index is 2.41. The van der Waals surface area contributed by atoms with Crippen molar-refractivity contribution in [1.29, 1.82) is 0 Å². The van der Waals surface area contributed by atoms with Gasteiger partial charge in [-0.05, 0) is 26.0 Å². The molecule has 2 rings (SSSR count). The molecule has 3 heteroatoms. The van der Waals surface area contributed by atoms with Crippen LogP contribution in [0.2, 0.25) is 5.02 Å². The Bertz CT molecular complexity index is 340. The minimum atomic E-state index is 0.439. The molecule has 1 aliphatic rings. The van der Waals surface area contributed by atoms with Crippen molar-refractivity contribution in [2.75, 3.05) is 18.1 Å². The maximum atomic E-state index is 5.91. The minimum absolute atomic E-state index is 0.439. The molecule has 1 aromatic rings. The first-order valence-electron chi connectivity index (χ1n) is 4.91. The fraction of sp³-hybridized carbons (Fsp3) is 0.455. The van der Waals surface area contributed by atoms with Gasteiger partial charge in [0.1, 0.15) is 12.4 Å². The molecule has 0 aliphatic carbocycles. The zero-order valence-electron chi connectivity index (χ0n) is 8.46. The molecule has 1 atom stereocenters. The van der Waals surface area contributed by atoms with Crippen LogP contribution in [-0.2, 0) is 0 Å². The summed E-state index contributed by atoms with van der Waals surface area (Å²) in [7, 11) is 0. The highest BCUT2D eigenvalue weighted by Gasteiger charge is 2.22. The molecule has 0 spiro atoms. The quantitative estimate of drug-likeness (QED) is 0.708. The highest BCUT2D eigenvalue weighted by Crippen LogP contribution is 2.35. The summed E-state index contributed by atoms with van der Waals surface area (Å²) in [6.07, 6.45) is 0. The zero-order valence-corrected chi connectivity index (χ0v) is 9.21. The van der Waals surface area contributed by atoms with Gasteiger partial charge in [-0.15, -0.1) is 0 Å². The predicted octanol–water partition coefficient (Wildman–Crippen LogP) is 2.95. The van der Waals surface area contributed by atoms with Crippen LogP contribution in [-0.4, -0.2) is 19.2 Å². The second-order valence-corrected chi connectivity index (χ2v) is 3.99. The summed E-state index contributed by atoms with van der Waals surface area (Å²) in [5.74, 6) is 0.900. The SMILES string of the molecule is CCN1c2ccc(Cl)cc2OCC1C. The van der Waals surface area contributed by atoms with E-state index in [1.54, 1.807) is 0 Å². The minimum Gasteiger partial charge on any atom is -0.489 e. The zero-order chi connectivity index (χ0) is 10.1. The van der Waals surface area contributed by atoms with Gasteiger partial charge < -0.3 is 9.64 Å². The molecular weight excluding hydrogens is 198 g/mol. The smallest absolute Gasteiger partial charge is 0.144 e. The largest absolute Gasteiger partial charge is 0.489 e. The number of rotatable bonds is 1. The van der Waals surface area contributed by atoms with Gasteiger partial charge in [0, 0.05) is 17.6 Å². The average Bonchev–Trinajstić information content (AvgIpc) is 2.18. The van der Waals surface area contributed by atoms with Crippen molar-refractivity contribution >= 4 is 17.3 Å². The van der Waals surface area contributed by atoms with Crippen LogP contribution in [0.5, 0.6) is 5.75 Å². The molecule has 0 N–H and O–H groups in total. The van der Waals surface area contributed by atoms with Crippen molar-refractivity contribution in [3.05, 3.63) is 23.2 Å². The molecule has 0 saturated carbocycles. The van der Waals surface area contributed by atoms with E-state index in [4.69, 9.17) is 16.3 Å². The highest BCUT2D eigenvalue weighted by molar-refractivity contribution is 6.30. The summed E-state index contributed by atoms with van der Waals surface area (Å²) >= 11 is 5.91. The molecule has 1 heterocycles. The summed E-state index contributed by atoms with van der Waals surface area (Å²) in [6.45, 7) is 6.06. The summed E-state index contributed by atoms with van der Waals surface area (Å²) in [6, 6.07) is 6.25. The number of hydrogen-bond acceptors (Lipinski definition) is 2. The molecule has 0 fully saturated rings. The molecule has 0 aromatic heterocycles. The van der Waals surface area contributed by atoms with Crippen molar-refractivity contribution < 1.29 is 4.74 Å². The first kappa shape index (κ1) is 9.66. The van der Waals surface area contributed by atoms with Gasteiger partial charge in [0.05, 0.1) is 11.7 Å². The number of hydrogen-bond donors (Lipinski definition) is 0. The van der Waals surface area contributed by atoms with Crippen LogP contribution in [0.3, 0.4) is 0 Å². The Hall–Kier alpha value is -0.890. The molecule has 0 saturated heterocycles. The Morgan fingerprint density at radius 3 is 3.07 bits per heavy atom. The number of fused-ring (bicyclic) bond motifs is 1. The molecule has 1 aromatic carbocycles. The number of benzene rings is 1. The van der Waals surface area contributed by atoms with E-state index in [1.165, 1.54) is 0 Å². The normalized spacial score (nSPS) is 20.2. The maximum absolute atomic E-state index is 5.91. The molecule has 0 bridgehead atoms. The van der Waals surface area contributed by atoms with Gasteiger partial charge in [-0.3, -0.25) is 0 Å². The number of anilines is 1. The van der Waals surface area contributed by atoms with Crippen molar-refractivity contribution in [3.8, 4) is 5.75 Å². The second kappa shape index (κ2) is 3.70. The van der Waals surface area contributed by atoms with Gasteiger partial charge >= 0.3 is 0 Å². The number of likely N-dealkylation sites (N-methyl/N-ethyl adjacent to an activating group) is 1. The van der Waals surface area contributed by atoms with Gasteiger partial charge in [-0.25, -0.2) is 0 Å². The lowest BCUT2D eigenvalue weighted by molar-refractivity contribution is 0.271. The molecule has 0 radical (unpaired) electrons. The standard InChI is InChI=1S/C11H14ClNO/c1-3-13-8(2)7-14-11-6-9(12)4-5-10(11)13/h4-6,8H,3,7H2,1-2H3. The number of nitrogens with zero attached hydrogens (tertiary/aromatic N) is 1. The fourth-order valence-electron chi connectivity index (χ4n) is 1.86. The van der Waals surface area contributed by atoms with Gasteiger partial charge in [-0.1, -0.05) is 11.6 Å². The highest BCUT2D eigenvalue weighted by atomic mass is 35.5. The monoisotopic (exact) mass is 211 g/mol. The molecule has 1 aliphatic heterocycles. The lowest BCUT2D eigenvalue weighted by atomic mass is 10.2. The summed E-state index contributed by atoms with van der Waals surface area (Å²) in [5, 5.41) is 0.731. The fourth-order valence-corrected chi connectivity index (χ4v) is 2.02. The number of ether oxygens (including phenoxy) is 1. The molecule has 2 nitrogen and oxygen atoms in total. The molecular formula is C11H14ClNO. The van der Waals surface area contributed by atoms with Crippen LogP contribution in [0.15, 0.2) is 18.2 Å².